The van der Waals surface area contributed by atoms with E-state index in [9.17, 15) is 5.11 Å². The van der Waals surface area contributed by atoms with Crippen LogP contribution in [0.5, 0.6) is 0 Å². The van der Waals surface area contributed by atoms with E-state index < -0.39 is 0 Å². The minimum atomic E-state index is -0.163. The molecule has 3 atom stereocenters. The van der Waals surface area contributed by atoms with Gasteiger partial charge in [0.1, 0.15) is 0 Å². The number of aliphatic hydroxyl groups excluding tert-OH is 1. The molecular weight excluding hydrogens is 162 g/mol. The second kappa shape index (κ2) is 4.97. The van der Waals surface area contributed by atoms with Gasteiger partial charge < -0.3 is 5.11 Å². The highest BCUT2D eigenvalue weighted by atomic mass is 16.3. The minimum Gasteiger partial charge on any atom is -0.393 e. The lowest BCUT2D eigenvalue weighted by Gasteiger charge is -2.38. The predicted octanol–water partition coefficient (Wildman–Crippen LogP) is 2.02. The van der Waals surface area contributed by atoms with E-state index in [2.05, 4.69) is 18.7 Å². The van der Waals surface area contributed by atoms with Crippen LogP contribution in [0.3, 0.4) is 0 Å². The number of piperidine rings is 1. The Kier molecular flexibility index (Phi) is 4.20. The van der Waals surface area contributed by atoms with Gasteiger partial charge in [-0.3, -0.25) is 4.90 Å². The number of rotatable bonds is 3. The molecule has 0 amide bonds. The Hall–Kier alpha value is -0.0800. The highest BCUT2D eigenvalue weighted by Gasteiger charge is 2.23. The van der Waals surface area contributed by atoms with Gasteiger partial charge in [0.15, 0.2) is 0 Å². The summed E-state index contributed by atoms with van der Waals surface area (Å²) >= 11 is 0. The zero-order valence-electron chi connectivity index (χ0n) is 9.16. The van der Waals surface area contributed by atoms with E-state index >= 15 is 0 Å². The van der Waals surface area contributed by atoms with Crippen LogP contribution >= 0.6 is 0 Å². The van der Waals surface area contributed by atoms with Crippen molar-refractivity contribution in [2.24, 2.45) is 0 Å². The van der Waals surface area contributed by atoms with Crippen LogP contribution in [-0.4, -0.2) is 34.7 Å². The first-order valence-electron chi connectivity index (χ1n) is 5.55. The lowest BCUT2D eigenvalue weighted by Crippen LogP contribution is -2.44. The maximum Gasteiger partial charge on any atom is 0.0526 e. The molecule has 1 saturated heterocycles. The standard InChI is InChI=1S/C11H23NO/c1-9-6-4-5-7-12(9)10(2)8-11(3)13/h9-11,13H,4-8H2,1-3H3. The Morgan fingerprint density at radius 1 is 1.38 bits per heavy atom. The quantitative estimate of drug-likeness (QED) is 0.727. The molecule has 1 heterocycles. The van der Waals surface area contributed by atoms with Gasteiger partial charge >= 0.3 is 0 Å². The number of hydrogen-bond acceptors (Lipinski definition) is 2. The van der Waals surface area contributed by atoms with E-state index in [4.69, 9.17) is 0 Å². The van der Waals surface area contributed by atoms with Gasteiger partial charge in [-0.15, -0.1) is 0 Å². The molecule has 1 aliphatic rings. The molecule has 78 valence electrons. The fraction of sp³-hybridized carbons (Fsp3) is 1.00. The summed E-state index contributed by atoms with van der Waals surface area (Å²) in [5.41, 5.74) is 0. The van der Waals surface area contributed by atoms with E-state index in [1.807, 2.05) is 6.92 Å². The molecule has 0 radical (unpaired) electrons. The zero-order chi connectivity index (χ0) is 9.84. The van der Waals surface area contributed by atoms with E-state index in [1.165, 1.54) is 25.8 Å². The first-order chi connectivity index (χ1) is 6.11. The average molecular weight is 185 g/mol. The van der Waals surface area contributed by atoms with Crippen molar-refractivity contribution in [3.8, 4) is 0 Å². The molecule has 0 spiro atoms. The lowest BCUT2D eigenvalue weighted by atomic mass is 9.99. The van der Waals surface area contributed by atoms with Crippen LogP contribution < -0.4 is 0 Å². The second-order valence-electron chi connectivity index (χ2n) is 4.52. The molecule has 13 heavy (non-hydrogen) atoms. The number of aliphatic hydroxyl groups is 1. The number of likely N-dealkylation sites (tertiary alicyclic amines) is 1. The summed E-state index contributed by atoms with van der Waals surface area (Å²) in [6, 6.07) is 1.25. The Morgan fingerprint density at radius 3 is 2.62 bits per heavy atom. The van der Waals surface area contributed by atoms with Gasteiger partial charge in [0.05, 0.1) is 6.10 Å². The van der Waals surface area contributed by atoms with Crippen molar-refractivity contribution < 1.29 is 5.11 Å². The van der Waals surface area contributed by atoms with E-state index in [1.54, 1.807) is 0 Å². The maximum atomic E-state index is 9.31. The predicted molar refractivity (Wildman–Crippen MR) is 55.8 cm³/mol. The molecule has 0 aromatic heterocycles. The first kappa shape index (κ1) is 11.0. The average Bonchev–Trinajstić information content (AvgIpc) is 2.03. The Morgan fingerprint density at radius 2 is 2.08 bits per heavy atom. The molecule has 0 aromatic carbocycles. The van der Waals surface area contributed by atoms with Crippen molar-refractivity contribution in [1.29, 1.82) is 0 Å². The summed E-state index contributed by atoms with van der Waals surface area (Å²) in [6.07, 6.45) is 4.77. The Bertz CT molecular complexity index is 147. The molecule has 3 unspecified atom stereocenters. The summed E-state index contributed by atoms with van der Waals surface area (Å²) in [5.74, 6) is 0. The largest absolute Gasteiger partial charge is 0.393 e. The highest BCUT2D eigenvalue weighted by molar-refractivity contribution is 4.78. The molecule has 1 aliphatic heterocycles. The zero-order valence-corrected chi connectivity index (χ0v) is 9.16. The van der Waals surface area contributed by atoms with Crippen LogP contribution in [0.25, 0.3) is 0 Å². The van der Waals surface area contributed by atoms with Gasteiger partial charge in [-0.2, -0.15) is 0 Å². The summed E-state index contributed by atoms with van der Waals surface area (Å²) < 4.78 is 0. The van der Waals surface area contributed by atoms with Gasteiger partial charge in [0.2, 0.25) is 0 Å². The van der Waals surface area contributed by atoms with Crippen LogP contribution in [0.4, 0.5) is 0 Å². The van der Waals surface area contributed by atoms with Gasteiger partial charge in [-0.05, 0) is 46.6 Å². The van der Waals surface area contributed by atoms with Crippen LogP contribution in [-0.2, 0) is 0 Å². The third-order valence-corrected chi connectivity index (χ3v) is 3.10. The molecule has 2 nitrogen and oxygen atoms in total. The number of nitrogens with zero attached hydrogens (tertiary/aromatic N) is 1. The fourth-order valence-corrected chi connectivity index (χ4v) is 2.40. The van der Waals surface area contributed by atoms with Gasteiger partial charge in [-0.25, -0.2) is 0 Å². The molecular formula is C11H23NO. The molecule has 1 N–H and O–H groups in total. The first-order valence-corrected chi connectivity index (χ1v) is 5.55. The van der Waals surface area contributed by atoms with Gasteiger partial charge in [0.25, 0.3) is 0 Å². The van der Waals surface area contributed by atoms with E-state index in [-0.39, 0.29) is 6.10 Å². The van der Waals surface area contributed by atoms with E-state index in [0.717, 1.165) is 6.42 Å². The smallest absolute Gasteiger partial charge is 0.0526 e. The third kappa shape index (κ3) is 3.28. The molecule has 1 rings (SSSR count). The highest BCUT2D eigenvalue weighted by Crippen LogP contribution is 2.20. The molecule has 0 saturated carbocycles. The lowest BCUT2D eigenvalue weighted by molar-refractivity contribution is 0.0740. The van der Waals surface area contributed by atoms with Crippen molar-refractivity contribution in [1.82, 2.24) is 4.90 Å². The van der Waals surface area contributed by atoms with Crippen LogP contribution in [0.15, 0.2) is 0 Å². The normalized spacial score (nSPS) is 30.0. The van der Waals surface area contributed by atoms with Crippen LogP contribution in [0, 0.1) is 0 Å². The van der Waals surface area contributed by atoms with Crippen molar-refractivity contribution in [2.45, 2.75) is 64.6 Å². The minimum absolute atomic E-state index is 0.163. The third-order valence-electron chi connectivity index (χ3n) is 3.10. The summed E-state index contributed by atoms with van der Waals surface area (Å²) in [5, 5.41) is 9.31. The molecule has 0 bridgehead atoms. The van der Waals surface area contributed by atoms with Crippen LogP contribution in [0.2, 0.25) is 0 Å². The van der Waals surface area contributed by atoms with Crippen LogP contribution in [0.1, 0.15) is 46.5 Å². The molecule has 2 heteroatoms. The van der Waals surface area contributed by atoms with E-state index in [0.29, 0.717) is 12.1 Å². The van der Waals surface area contributed by atoms with Crippen molar-refractivity contribution in [3.05, 3.63) is 0 Å². The summed E-state index contributed by atoms with van der Waals surface area (Å²) in [6.45, 7) is 7.63. The fourth-order valence-electron chi connectivity index (χ4n) is 2.40. The summed E-state index contributed by atoms with van der Waals surface area (Å²) in [4.78, 5) is 2.54. The van der Waals surface area contributed by atoms with Crippen molar-refractivity contribution >= 4 is 0 Å². The SMILES string of the molecule is CC(O)CC(C)N1CCCCC1C. The monoisotopic (exact) mass is 185 g/mol. The topological polar surface area (TPSA) is 23.5 Å². The van der Waals surface area contributed by atoms with Crippen molar-refractivity contribution in [2.75, 3.05) is 6.54 Å². The second-order valence-corrected chi connectivity index (χ2v) is 4.52. The Balaban J connectivity index is 2.39. The van der Waals surface area contributed by atoms with Gasteiger partial charge in [0, 0.05) is 12.1 Å². The maximum absolute atomic E-state index is 9.31. The van der Waals surface area contributed by atoms with Crippen molar-refractivity contribution in [3.63, 3.8) is 0 Å². The molecule has 1 fully saturated rings. The Labute approximate surface area is 81.9 Å². The molecule has 0 aromatic rings. The molecule has 0 aliphatic carbocycles. The number of hydrogen-bond donors (Lipinski definition) is 1. The van der Waals surface area contributed by atoms with Gasteiger partial charge in [-0.1, -0.05) is 6.42 Å². The summed E-state index contributed by atoms with van der Waals surface area (Å²) in [7, 11) is 0.